The van der Waals surface area contributed by atoms with Crippen molar-refractivity contribution >= 4 is 17.7 Å². The molecule has 2 aliphatic rings. The average Bonchev–Trinajstić information content (AvgIpc) is 2.81. The molecule has 0 aromatic carbocycles. The number of hydrogen-bond donors (Lipinski definition) is 0. The van der Waals surface area contributed by atoms with E-state index in [1.807, 2.05) is 20.8 Å². The Kier molecular flexibility index (Phi) is 2.95. The Hall–Kier alpha value is -1.39. The highest BCUT2D eigenvalue weighted by molar-refractivity contribution is 6.07. The van der Waals surface area contributed by atoms with Crippen LogP contribution in [-0.2, 0) is 19.1 Å². The molecule has 2 rings (SSSR count). The predicted octanol–water partition coefficient (Wildman–Crippen LogP) is 0.764. The van der Waals surface area contributed by atoms with Crippen LogP contribution in [0.1, 0.15) is 33.6 Å². The third-order valence-electron chi connectivity index (χ3n) is 3.78. The molecule has 0 aliphatic carbocycles. The third kappa shape index (κ3) is 1.72. The maximum absolute atomic E-state index is 12.4. The molecule has 2 fully saturated rings. The summed E-state index contributed by atoms with van der Waals surface area (Å²) < 4.78 is 4.67. The molecule has 3 atom stereocenters. The van der Waals surface area contributed by atoms with Crippen molar-refractivity contribution in [2.24, 2.45) is 11.3 Å². The van der Waals surface area contributed by atoms with Crippen LogP contribution >= 0.6 is 0 Å². The highest BCUT2D eigenvalue weighted by atomic mass is 16.5. The van der Waals surface area contributed by atoms with Crippen molar-refractivity contribution in [2.45, 2.75) is 45.7 Å². The molecule has 0 spiro atoms. The Labute approximate surface area is 106 Å². The molecular weight excluding hydrogens is 234 g/mol. The highest BCUT2D eigenvalue weighted by Gasteiger charge is 2.58. The van der Waals surface area contributed by atoms with Gasteiger partial charge in [-0.15, -0.1) is 0 Å². The topological polar surface area (TPSA) is 63.7 Å². The van der Waals surface area contributed by atoms with Gasteiger partial charge in [0.15, 0.2) is 5.78 Å². The number of hydrogen-bond acceptors (Lipinski definition) is 4. The van der Waals surface area contributed by atoms with Gasteiger partial charge in [-0.1, -0.05) is 20.8 Å². The van der Waals surface area contributed by atoms with Crippen molar-refractivity contribution in [1.29, 1.82) is 0 Å². The van der Waals surface area contributed by atoms with Crippen molar-refractivity contribution in [3.05, 3.63) is 0 Å². The van der Waals surface area contributed by atoms with Crippen LogP contribution in [0.15, 0.2) is 0 Å². The number of carbonyl (C=O) groups is 3. The molecule has 2 saturated heterocycles. The molecule has 2 aliphatic heterocycles. The Morgan fingerprint density at radius 3 is 2.39 bits per heavy atom. The first-order chi connectivity index (χ1) is 8.29. The maximum Gasteiger partial charge on any atom is 0.318 e. The lowest BCUT2D eigenvalue weighted by molar-refractivity contribution is -0.149. The standard InChI is InChI=1S/C13H19NO4/c1-13(2,3)12(17)14-7-5-6-8(14)10(15)9(7)11(16)18-4/h7-9H,5-6H2,1-4H3/t7-,8+,9+/m0/s1. The third-order valence-corrected chi connectivity index (χ3v) is 3.78. The number of fused-ring (bicyclic) bond motifs is 2. The smallest absolute Gasteiger partial charge is 0.318 e. The molecule has 0 unspecified atom stereocenters. The van der Waals surface area contributed by atoms with Crippen LogP contribution < -0.4 is 0 Å². The van der Waals surface area contributed by atoms with Crippen molar-refractivity contribution in [3.63, 3.8) is 0 Å². The summed E-state index contributed by atoms with van der Waals surface area (Å²) in [6.07, 6.45) is 1.37. The van der Waals surface area contributed by atoms with Gasteiger partial charge in [0.05, 0.1) is 19.2 Å². The van der Waals surface area contributed by atoms with Gasteiger partial charge in [0.2, 0.25) is 5.91 Å². The first-order valence-electron chi connectivity index (χ1n) is 6.23. The lowest BCUT2D eigenvalue weighted by Crippen LogP contribution is -2.44. The van der Waals surface area contributed by atoms with Gasteiger partial charge in [-0.25, -0.2) is 0 Å². The molecule has 100 valence electrons. The van der Waals surface area contributed by atoms with Crippen LogP contribution in [0.4, 0.5) is 0 Å². The van der Waals surface area contributed by atoms with E-state index in [0.717, 1.165) is 0 Å². The number of methoxy groups -OCH3 is 1. The van der Waals surface area contributed by atoms with Crippen molar-refractivity contribution < 1.29 is 19.1 Å². The molecule has 0 N–H and O–H groups in total. The predicted molar refractivity (Wildman–Crippen MR) is 63.6 cm³/mol. The second-order valence-corrected chi connectivity index (χ2v) is 6.03. The van der Waals surface area contributed by atoms with E-state index in [1.165, 1.54) is 7.11 Å². The molecule has 0 radical (unpaired) electrons. The lowest BCUT2D eigenvalue weighted by atomic mass is 9.88. The maximum atomic E-state index is 12.4. The summed E-state index contributed by atoms with van der Waals surface area (Å²) in [4.78, 5) is 37.7. The number of esters is 1. The fourth-order valence-corrected chi connectivity index (χ4v) is 2.92. The zero-order valence-corrected chi connectivity index (χ0v) is 11.2. The van der Waals surface area contributed by atoms with Gasteiger partial charge in [0.25, 0.3) is 0 Å². The largest absolute Gasteiger partial charge is 0.468 e. The van der Waals surface area contributed by atoms with E-state index >= 15 is 0 Å². The van der Waals surface area contributed by atoms with Crippen LogP contribution in [0, 0.1) is 11.3 Å². The van der Waals surface area contributed by atoms with Gasteiger partial charge < -0.3 is 9.64 Å². The van der Waals surface area contributed by atoms with E-state index in [0.29, 0.717) is 12.8 Å². The van der Waals surface area contributed by atoms with Crippen LogP contribution in [0.25, 0.3) is 0 Å². The minimum absolute atomic E-state index is 0.0604. The zero-order chi connectivity index (χ0) is 13.7. The first-order valence-corrected chi connectivity index (χ1v) is 6.23. The number of nitrogens with zero attached hydrogens (tertiary/aromatic N) is 1. The molecule has 0 aromatic rings. The summed E-state index contributed by atoms with van der Waals surface area (Å²) in [5, 5.41) is 0. The quantitative estimate of drug-likeness (QED) is 0.511. The second-order valence-electron chi connectivity index (χ2n) is 6.03. The molecule has 2 bridgehead atoms. The van der Waals surface area contributed by atoms with E-state index in [9.17, 15) is 14.4 Å². The molecule has 18 heavy (non-hydrogen) atoms. The van der Waals surface area contributed by atoms with E-state index in [2.05, 4.69) is 4.74 Å². The number of ether oxygens (including phenoxy) is 1. The normalized spacial score (nSPS) is 30.8. The van der Waals surface area contributed by atoms with E-state index in [-0.39, 0.29) is 17.7 Å². The van der Waals surface area contributed by atoms with Crippen molar-refractivity contribution in [3.8, 4) is 0 Å². The van der Waals surface area contributed by atoms with Crippen molar-refractivity contribution in [1.82, 2.24) is 4.90 Å². The lowest BCUT2D eigenvalue weighted by Gasteiger charge is -2.29. The van der Waals surface area contributed by atoms with Crippen molar-refractivity contribution in [2.75, 3.05) is 7.11 Å². The fourth-order valence-electron chi connectivity index (χ4n) is 2.92. The number of amides is 1. The number of rotatable bonds is 1. The SMILES string of the molecule is COC(=O)[C@H]1C(=O)[C@H]2CC[C@@H]1N2C(=O)C(C)(C)C. The second kappa shape index (κ2) is 4.07. The molecule has 5 nitrogen and oxygen atoms in total. The first kappa shape index (κ1) is 13.1. The summed E-state index contributed by atoms with van der Waals surface area (Å²) in [6.45, 7) is 5.47. The molecule has 5 heteroatoms. The van der Waals surface area contributed by atoms with Crippen LogP contribution in [0.5, 0.6) is 0 Å². The van der Waals surface area contributed by atoms with E-state index in [4.69, 9.17) is 0 Å². The van der Waals surface area contributed by atoms with Crippen LogP contribution in [-0.4, -0.2) is 41.8 Å². The van der Waals surface area contributed by atoms with Crippen LogP contribution in [0.2, 0.25) is 0 Å². The van der Waals surface area contributed by atoms with Crippen LogP contribution in [0.3, 0.4) is 0 Å². The Morgan fingerprint density at radius 2 is 1.89 bits per heavy atom. The highest BCUT2D eigenvalue weighted by Crippen LogP contribution is 2.41. The van der Waals surface area contributed by atoms with Gasteiger partial charge in [-0.2, -0.15) is 0 Å². The summed E-state index contributed by atoms with van der Waals surface area (Å²) >= 11 is 0. The number of Topliss-reactive ketones (excluding diaryl/α,β-unsaturated/α-hetero) is 1. The molecule has 2 heterocycles. The van der Waals surface area contributed by atoms with E-state index in [1.54, 1.807) is 4.90 Å². The van der Waals surface area contributed by atoms with E-state index < -0.39 is 23.3 Å². The number of carbonyl (C=O) groups excluding carboxylic acids is 3. The summed E-state index contributed by atoms with van der Waals surface area (Å²) in [6, 6.07) is -0.729. The minimum Gasteiger partial charge on any atom is -0.468 e. The summed E-state index contributed by atoms with van der Waals surface area (Å²) in [7, 11) is 1.28. The average molecular weight is 253 g/mol. The Morgan fingerprint density at radius 1 is 1.28 bits per heavy atom. The molecule has 0 aromatic heterocycles. The van der Waals surface area contributed by atoms with Gasteiger partial charge >= 0.3 is 5.97 Å². The zero-order valence-electron chi connectivity index (χ0n) is 11.2. The summed E-state index contributed by atoms with van der Waals surface area (Å²) in [5.41, 5.74) is -0.536. The summed E-state index contributed by atoms with van der Waals surface area (Å²) in [5.74, 6) is -1.51. The Balaban J connectivity index is 2.29. The number of ketones is 1. The van der Waals surface area contributed by atoms with Gasteiger partial charge in [-0.3, -0.25) is 14.4 Å². The minimum atomic E-state index is -0.778. The van der Waals surface area contributed by atoms with Gasteiger partial charge in [0, 0.05) is 5.41 Å². The fraction of sp³-hybridized carbons (Fsp3) is 0.769. The monoisotopic (exact) mass is 253 g/mol. The molecular formula is C13H19NO4. The van der Waals surface area contributed by atoms with Gasteiger partial charge in [-0.05, 0) is 12.8 Å². The Bertz CT molecular complexity index is 410. The molecule has 0 saturated carbocycles. The molecule has 1 amide bonds. The van der Waals surface area contributed by atoms with Gasteiger partial charge in [0.1, 0.15) is 5.92 Å².